The van der Waals surface area contributed by atoms with Crippen molar-refractivity contribution in [3.63, 3.8) is 0 Å². The van der Waals surface area contributed by atoms with Gasteiger partial charge in [0.05, 0.1) is 25.4 Å². The first-order valence-corrected chi connectivity index (χ1v) is 8.05. The van der Waals surface area contributed by atoms with E-state index >= 15 is 0 Å². The topological polar surface area (TPSA) is 53.0 Å². The molecule has 1 amide bonds. The highest BCUT2D eigenvalue weighted by molar-refractivity contribution is 5.77. The molecule has 120 valence electrons. The minimum Gasteiger partial charge on any atom is -0.390 e. The average Bonchev–Trinajstić information content (AvgIpc) is 2.96. The Morgan fingerprint density at radius 1 is 1.18 bits per heavy atom. The molecule has 2 atom stereocenters. The van der Waals surface area contributed by atoms with E-state index < -0.39 is 6.10 Å². The number of nitrogens with zero attached hydrogens (tertiary/aromatic N) is 2. The highest BCUT2D eigenvalue weighted by Gasteiger charge is 2.37. The van der Waals surface area contributed by atoms with Gasteiger partial charge < -0.3 is 14.7 Å². The molecule has 1 N–H and O–H groups in total. The predicted octanol–water partition coefficient (Wildman–Crippen LogP) is 0.523. The Labute approximate surface area is 131 Å². The Hall–Kier alpha value is -1.43. The fourth-order valence-corrected chi connectivity index (χ4v) is 3.30. The van der Waals surface area contributed by atoms with Crippen molar-refractivity contribution < 1.29 is 14.6 Å². The van der Waals surface area contributed by atoms with Gasteiger partial charge in [0.25, 0.3) is 0 Å². The normalized spacial score (nSPS) is 26.3. The van der Waals surface area contributed by atoms with Gasteiger partial charge in [0.15, 0.2) is 0 Å². The van der Waals surface area contributed by atoms with Crippen LogP contribution in [0.3, 0.4) is 0 Å². The van der Waals surface area contributed by atoms with Gasteiger partial charge in [-0.3, -0.25) is 9.69 Å². The lowest BCUT2D eigenvalue weighted by Gasteiger charge is -2.33. The van der Waals surface area contributed by atoms with Crippen LogP contribution in [-0.4, -0.2) is 72.4 Å². The number of amides is 1. The van der Waals surface area contributed by atoms with E-state index in [4.69, 9.17) is 4.74 Å². The lowest BCUT2D eigenvalue weighted by molar-refractivity contribution is -0.130. The van der Waals surface area contributed by atoms with Crippen LogP contribution in [0.5, 0.6) is 0 Å². The summed E-state index contributed by atoms with van der Waals surface area (Å²) in [6.45, 7) is 4.20. The van der Waals surface area contributed by atoms with E-state index in [1.165, 1.54) is 5.56 Å². The van der Waals surface area contributed by atoms with Crippen molar-refractivity contribution in [1.29, 1.82) is 0 Å². The van der Waals surface area contributed by atoms with Crippen molar-refractivity contribution in [2.24, 2.45) is 0 Å². The zero-order chi connectivity index (χ0) is 15.4. The second kappa shape index (κ2) is 7.22. The van der Waals surface area contributed by atoms with Gasteiger partial charge in [0.2, 0.25) is 5.91 Å². The predicted molar refractivity (Wildman–Crippen MR) is 83.5 cm³/mol. The van der Waals surface area contributed by atoms with Crippen LogP contribution in [0.1, 0.15) is 12.0 Å². The quantitative estimate of drug-likeness (QED) is 0.881. The number of carbonyl (C=O) groups is 1. The number of likely N-dealkylation sites (tertiary alicyclic amines) is 1. The molecule has 0 aliphatic carbocycles. The zero-order valence-electron chi connectivity index (χ0n) is 12.9. The van der Waals surface area contributed by atoms with Crippen LogP contribution < -0.4 is 0 Å². The van der Waals surface area contributed by atoms with Gasteiger partial charge in [-0.1, -0.05) is 30.3 Å². The number of hydrogen-bond donors (Lipinski definition) is 1. The summed E-state index contributed by atoms with van der Waals surface area (Å²) < 4.78 is 5.35. The summed E-state index contributed by atoms with van der Waals surface area (Å²) in [4.78, 5) is 16.4. The zero-order valence-corrected chi connectivity index (χ0v) is 12.9. The monoisotopic (exact) mass is 304 g/mol. The van der Waals surface area contributed by atoms with Gasteiger partial charge in [-0.2, -0.15) is 0 Å². The third-order valence-electron chi connectivity index (χ3n) is 4.60. The Kier molecular flexibility index (Phi) is 5.08. The summed E-state index contributed by atoms with van der Waals surface area (Å²) in [5, 5.41) is 10.3. The summed E-state index contributed by atoms with van der Waals surface area (Å²) >= 11 is 0. The number of β-amino-alcohol motifs (C(OH)–C–C–N with tert-alkyl or cyclic N) is 1. The number of hydrogen-bond acceptors (Lipinski definition) is 4. The van der Waals surface area contributed by atoms with Gasteiger partial charge in [0, 0.05) is 32.6 Å². The number of aryl methyl sites for hydroxylation is 1. The van der Waals surface area contributed by atoms with Crippen LogP contribution in [0, 0.1) is 0 Å². The summed E-state index contributed by atoms with van der Waals surface area (Å²) in [5.74, 6) is 0.138. The maximum atomic E-state index is 12.4. The Balaban J connectivity index is 1.51. The van der Waals surface area contributed by atoms with Crippen molar-refractivity contribution in [2.75, 3.05) is 39.4 Å². The van der Waals surface area contributed by atoms with Crippen molar-refractivity contribution in [3.8, 4) is 0 Å². The number of rotatable bonds is 4. The minimum atomic E-state index is -0.446. The number of aliphatic hydroxyl groups excluding tert-OH is 1. The molecule has 2 aliphatic heterocycles. The van der Waals surface area contributed by atoms with Crippen LogP contribution in [-0.2, 0) is 16.0 Å². The van der Waals surface area contributed by atoms with Crippen LogP contribution in [0.25, 0.3) is 0 Å². The molecule has 1 aromatic rings. The van der Waals surface area contributed by atoms with E-state index in [-0.39, 0.29) is 11.9 Å². The molecule has 0 unspecified atom stereocenters. The fourth-order valence-electron chi connectivity index (χ4n) is 3.30. The van der Waals surface area contributed by atoms with Gasteiger partial charge in [-0.05, 0) is 12.0 Å². The SMILES string of the molecule is O=C(CCc1ccccc1)N1C[C@@H](O)[C@H](N2CCOCC2)C1. The second-order valence-electron chi connectivity index (χ2n) is 6.07. The minimum absolute atomic E-state index is 0.0598. The molecular weight excluding hydrogens is 280 g/mol. The molecule has 2 heterocycles. The first-order valence-electron chi connectivity index (χ1n) is 8.05. The summed E-state index contributed by atoms with van der Waals surface area (Å²) in [7, 11) is 0. The van der Waals surface area contributed by atoms with E-state index in [9.17, 15) is 9.90 Å². The summed E-state index contributed by atoms with van der Waals surface area (Å²) in [6, 6.07) is 10.1. The molecule has 2 fully saturated rings. The molecule has 3 rings (SSSR count). The van der Waals surface area contributed by atoms with Crippen molar-refractivity contribution in [1.82, 2.24) is 9.80 Å². The Morgan fingerprint density at radius 2 is 1.91 bits per heavy atom. The van der Waals surface area contributed by atoms with Gasteiger partial charge in [-0.15, -0.1) is 0 Å². The van der Waals surface area contributed by atoms with E-state index in [0.717, 1.165) is 19.5 Å². The van der Waals surface area contributed by atoms with Crippen molar-refractivity contribution in [3.05, 3.63) is 35.9 Å². The van der Waals surface area contributed by atoms with Gasteiger partial charge in [0.1, 0.15) is 0 Å². The third-order valence-corrected chi connectivity index (χ3v) is 4.60. The lowest BCUT2D eigenvalue weighted by Crippen LogP contribution is -2.49. The molecule has 0 radical (unpaired) electrons. The number of ether oxygens (including phenoxy) is 1. The first-order chi connectivity index (χ1) is 10.7. The van der Waals surface area contributed by atoms with E-state index in [2.05, 4.69) is 4.90 Å². The molecule has 1 aromatic carbocycles. The molecule has 0 spiro atoms. The summed E-state index contributed by atoms with van der Waals surface area (Å²) in [5.41, 5.74) is 1.18. The average molecular weight is 304 g/mol. The van der Waals surface area contributed by atoms with Crippen molar-refractivity contribution >= 4 is 5.91 Å². The second-order valence-corrected chi connectivity index (χ2v) is 6.07. The van der Waals surface area contributed by atoms with Gasteiger partial charge >= 0.3 is 0 Å². The number of aliphatic hydroxyl groups is 1. The molecule has 0 saturated carbocycles. The van der Waals surface area contributed by atoms with Crippen LogP contribution in [0.4, 0.5) is 0 Å². The number of morpholine rings is 1. The molecule has 22 heavy (non-hydrogen) atoms. The largest absolute Gasteiger partial charge is 0.390 e. The number of carbonyl (C=O) groups excluding carboxylic acids is 1. The highest BCUT2D eigenvalue weighted by Crippen LogP contribution is 2.19. The lowest BCUT2D eigenvalue weighted by atomic mass is 10.1. The smallest absolute Gasteiger partial charge is 0.223 e. The first kappa shape index (κ1) is 15.5. The molecule has 0 bridgehead atoms. The highest BCUT2D eigenvalue weighted by atomic mass is 16.5. The van der Waals surface area contributed by atoms with Crippen LogP contribution in [0.2, 0.25) is 0 Å². The maximum absolute atomic E-state index is 12.4. The molecule has 5 nitrogen and oxygen atoms in total. The van der Waals surface area contributed by atoms with Crippen LogP contribution >= 0.6 is 0 Å². The van der Waals surface area contributed by atoms with Crippen LogP contribution in [0.15, 0.2) is 30.3 Å². The number of benzene rings is 1. The van der Waals surface area contributed by atoms with E-state index in [1.54, 1.807) is 0 Å². The van der Waals surface area contributed by atoms with E-state index in [1.807, 2.05) is 35.2 Å². The molecular formula is C17H24N2O3. The third kappa shape index (κ3) is 3.66. The molecule has 5 heteroatoms. The standard InChI is InChI=1S/C17H24N2O3/c20-16-13-19(12-15(16)18-8-10-22-11-9-18)17(21)7-6-14-4-2-1-3-5-14/h1-5,15-16,20H,6-13H2/t15-,16-/m1/s1. The van der Waals surface area contributed by atoms with Crippen molar-refractivity contribution in [2.45, 2.75) is 25.0 Å². The molecule has 2 saturated heterocycles. The molecule has 0 aromatic heterocycles. The Bertz CT molecular complexity index is 488. The van der Waals surface area contributed by atoms with E-state index in [0.29, 0.717) is 32.7 Å². The van der Waals surface area contributed by atoms with Gasteiger partial charge in [-0.25, -0.2) is 0 Å². The maximum Gasteiger partial charge on any atom is 0.223 e. The summed E-state index contributed by atoms with van der Waals surface area (Å²) in [6.07, 6.45) is 0.819. The molecule has 2 aliphatic rings. The Morgan fingerprint density at radius 3 is 2.64 bits per heavy atom. The fraction of sp³-hybridized carbons (Fsp3) is 0.588.